The van der Waals surface area contributed by atoms with Crippen molar-refractivity contribution in [3.05, 3.63) is 52.7 Å². The van der Waals surface area contributed by atoms with Gasteiger partial charge in [0.05, 0.1) is 37.5 Å². The predicted octanol–water partition coefficient (Wildman–Crippen LogP) is 2.87. The highest BCUT2D eigenvalue weighted by atomic mass is 32.2. The van der Waals surface area contributed by atoms with Gasteiger partial charge in [0.1, 0.15) is 0 Å². The standard InChI is InChI=1S/C24H30N6O6S/c1-13-8-9-14(10-18(13)30-21(25)19(27-29-30)23(32)36-6)22(31)26-16-11-15(24(2,3)4)12-17(20(16)35-5)28-37(7,33)34/h8-12,28H,25H2,1-7H3,(H,26,31). The summed E-state index contributed by atoms with van der Waals surface area (Å²) >= 11 is 0. The first kappa shape index (κ1) is 27.5. The van der Waals surface area contributed by atoms with Crippen LogP contribution in [-0.4, -0.2) is 55.8 Å². The first-order valence-electron chi connectivity index (χ1n) is 11.1. The van der Waals surface area contributed by atoms with Gasteiger partial charge >= 0.3 is 5.97 Å². The van der Waals surface area contributed by atoms with Crippen LogP contribution in [0.3, 0.4) is 0 Å². The fourth-order valence-electron chi connectivity index (χ4n) is 3.53. The maximum absolute atomic E-state index is 13.3. The summed E-state index contributed by atoms with van der Waals surface area (Å²) in [5, 5.41) is 10.5. The molecule has 0 aliphatic carbocycles. The number of aryl methyl sites for hydroxylation is 1. The maximum atomic E-state index is 13.3. The highest BCUT2D eigenvalue weighted by Gasteiger charge is 2.24. The fraction of sp³-hybridized carbons (Fsp3) is 0.333. The van der Waals surface area contributed by atoms with E-state index < -0.39 is 21.9 Å². The van der Waals surface area contributed by atoms with Crippen LogP contribution in [0.15, 0.2) is 30.3 Å². The van der Waals surface area contributed by atoms with E-state index in [9.17, 15) is 18.0 Å². The molecule has 0 fully saturated rings. The zero-order valence-electron chi connectivity index (χ0n) is 21.7. The van der Waals surface area contributed by atoms with Crippen molar-refractivity contribution in [2.75, 3.05) is 36.2 Å². The Balaban J connectivity index is 2.06. The largest absolute Gasteiger partial charge is 0.492 e. The third-order valence-electron chi connectivity index (χ3n) is 5.49. The molecular formula is C24H30N6O6S. The number of nitrogen functional groups attached to an aromatic ring is 1. The highest BCUT2D eigenvalue weighted by Crippen LogP contribution is 2.39. The van der Waals surface area contributed by atoms with Crippen molar-refractivity contribution in [3.8, 4) is 11.4 Å². The Labute approximate surface area is 215 Å². The normalized spacial score (nSPS) is 11.6. The number of carbonyl (C=O) groups is 2. The van der Waals surface area contributed by atoms with Crippen molar-refractivity contribution in [3.63, 3.8) is 0 Å². The number of rotatable bonds is 7. The molecule has 0 unspecified atom stereocenters. The van der Waals surface area contributed by atoms with Gasteiger partial charge in [0, 0.05) is 5.56 Å². The first-order chi connectivity index (χ1) is 17.2. The zero-order chi connectivity index (χ0) is 27.7. The number of nitrogens with zero attached hydrogens (tertiary/aromatic N) is 3. The number of nitrogens with one attached hydrogen (secondary N) is 2. The molecule has 0 radical (unpaired) electrons. The van der Waals surface area contributed by atoms with Gasteiger partial charge in [-0.05, 0) is 47.7 Å². The number of aromatic nitrogens is 3. The van der Waals surface area contributed by atoms with Gasteiger partial charge in [0.15, 0.2) is 11.6 Å². The fourth-order valence-corrected chi connectivity index (χ4v) is 4.08. The minimum atomic E-state index is -3.62. The van der Waals surface area contributed by atoms with Crippen LogP contribution in [0.25, 0.3) is 5.69 Å². The zero-order valence-corrected chi connectivity index (χ0v) is 22.5. The van der Waals surface area contributed by atoms with Gasteiger partial charge in [-0.15, -0.1) is 5.10 Å². The second-order valence-corrected chi connectivity index (χ2v) is 11.2. The van der Waals surface area contributed by atoms with Gasteiger partial charge in [-0.2, -0.15) is 4.68 Å². The molecule has 0 aliphatic heterocycles. The molecule has 0 bridgehead atoms. The lowest BCUT2D eigenvalue weighted by atomic mass is 9.86. The van der Waals surface area contributed by atoms with Crippen LogP contribution >= 0.6 is 0 Å². The summed E-state index contributed by atoms with van der Waals surface area (Å²) < 4.78 is 37.8. The lowest BCUT2D eigenvalue weighted by Crippen LogP contribution is -2.18. The number of hydrogen-bond acceptors (Lipinski definition) is 9. The lowest BCUT2D eigenvalue weighted by Gasteiger charge is -2.24. The van der Waals surface area contributed by atoms with Gasteiger partial charge in [-0.3, -0.25) is 9.52 Å². The number of carbonyl (C=O) groups excluding carboxylic acids is 2. The van der Waals surface area contributed by atoms with E-state index in [4.69, 9.17) is 10.5 Å². The van der Waals surface area contributed by atoms with Gasteiger partial charge in [-0.1, -0.05) is 32.1 Å². The molecule has 1 aromatic heterocycles. The first-order valence-corrected chi connectivity index (χ1v) is 13.0. The Morgan fingerprint density at radius 2 is 1.73 bits per heavy atom. The molecule has 1 heterocycles. The van der Waals surface area contributed by atoms with E-state index in [2.05, 4.69) is 25.1 Å². The van der Waals surface area contributed by atoms with Crippen molar-refractivity contribution in [1.82, 2.24) is 15.0 Å². The van der Waals surface area contributed by atoms with E-state index in [-0.39, 0.29) is 39.6 Å². The maximum Gasteiger partial charge on any atom is 0.362 e. The number of sulfonamides is 1. The predicted molar refractivity (Wildman–Crippen MR) is 140 cm³/mol. The van der Waals surface area contributed by atoms with Crippen molar-refractivity contribution in [2.45, 2.75) is 33.1 Å². The van der Waals surface area contributed by atoms with Crippen molar-refractivity contribution >= 4 is 39.1 Å². The topological polar surface area (TPSA) is 168 Å². The number of amides is 1. The second kappa shape index (κ2) is 10.1. The Morgan fingerprint density at radius 3 is 2.30 bits per heavy atom. The Hall–Kier alpha value is -4.13. The third-order valence-corrected chi connectivity index (χ3v) is 6.08. The van der Waals surface area contributed by atoms with Gasteiger partial charge in [0.25, 0.3) is 5.91 Å². The average molecular weight is 531 g/mol. The molecule has 4 N–H and O–H groups in total. The molecule has 2 aromatic carbocycles. The molecule has 0 saturated heterocycles. The molecule has 0 saturated carbocycles. The van der Waals surface area contributed by atoms with Crippen LogP contribution in [-0.2, 0) is 20.2 Å². The van der Waals surface area contributed by atoms with E-state index in [1.54, 1.807) is 37.3 Å². The summed E-state index contributed by atoms with van der Waals surface area (Å²) in [6, 6.07) is 8.26. The quantitative estimate of drug-likeness (QED) is 0.389. The second-order valence-electron chi connectivity index (χ2n) is 9.41. The number of ether oxygens (including phenoxy) is 2. The molecule has 0 aliphatic rings. The van der Waals surface area contributed by atoms with Crippen LogP contribution in [0, 0.1) is 6.92 Å². The number of nitrogens with two attached hydrogens (primary N) is 1. The number of anilines is 3. The van der Waals surface area contributed by atoms with Crippen LogP contribution < -0.4 is 20.5 Å². The van der Waals surface area contributed by atoms with Gasteiger partial charge in [-0.25, -0.2) is 13.2 Å². The average Bonchev–Trinajstić information content (AvgIpc) is 3.18. The molecule has 12 nitrogen and oxygen atoms in total. The van der Waals surface area contributed by atoms with E-state index >= 15 is 0 Å². The van der Waals surface area contributed by atoms with Gasteiger partial charge < -0.3 is 20.5 Å². The van der Waals surface area contributed by atoms with Crippen LogP contribution in [0.1, 0.15) is 52.7 Å². The molecule has 3 aromatic rings. The number of methoxy groups -OCH3 is 2. The SMILES string of the molecule is COC(=O)c1nnn(-c2cc(C(=O)Nc3cc(C(C)(C)C)cc(NS(C)(=O)=O)c3OC)ccc2C)c1N. The van der Waals surface area contributed by atoms with Crippen LogP contribution in [0.5, 0.6) is 5.75 Å². The van der Waals surface area contributed by atoms with Crippen molar-refractivity contribution in [1.29, 1.82) is 0 Å². The van der Waals surface area contributed by atoms with E-state index in [0.29, 0.717) is 5.69 Å². The smallest absolute Gasteiger partial charge is 0.362 e. The lowest BCUT2D eigenvalue weighted by molar-refractivity contribution is 0.0595. The number of hydrogen-bond donors (Lipinski definition) is 3. The molecule has 37 heavy (non-hydrogen) atoms. The third kappa shape index (κ3) is 6.00. The summed E-state index contributed by atoms with van der Waals surface area (Å²) in [5.74, 6) is -1.12. The van der Waals surface area contributed by atoms with E-state index in [1.807, 2.05) is 20.8 Å². The van der Waals surface area contributed by atoms with E-state index in [1.165, 1.54) is 18.9 Å². The Kier molecular flexibility index (Phi) is 7.49. The number of esters is 1. The molecule has 0 atom stereocenters. The summed E-state index contributed by atoms with van der Waals surface area (Å²) in [7, 11) is -1.04. The van der Waals surface area contributed by atoms with E-state index in [0.717, 1.165) is 17.4 Å². The van der Waals surface area contributed by atoms with Gasteiger partial charge in [0.2, 0.25) is 15.7 Å². The molecule has 198 valence electrons. The molecule has 1 amide bonds. The van der Waals surface area contributed by atoms with Crippen molar-refractivity contribution in [2.24, 2.45) is 0 Å². The number of benzene rings is 2. The summed E-state index contributed by atoms with van der Waals surface area (Å²) in [6.45, 7) is 7.67. The summed E-state index contributed by atoms with van der Waals surface area (Å²) in [5.41, 5.74) is 8.19. The summed E-state index contributed by atoms with van der Waals surface area (Å²) in [4.78, 5) is 25.2. The monoisotopic (exact) mass is 530 g/mol. The minimum Gasteiger partial charge on any atom is -0.492 e. The van der Waals surface area contributed by atoms with Crippen molar-refractivity contribution < 1.29 is 27.5 Å². The highest BCUT2D eigenvalue weighted by molar-refractivity contribution is 7.92. The Morgan fingerprint density at radius 1 is 1.08 bits per heavy atom. The molecule has 0 spiro atoms. The van der Waals surface area contributed by atoms with Crippen LogP contribution in [0.2, 0.25) is 0 Å². The minimum absolute atomic E-state index is 0.0384. The molecule has 3 rings (SSSR count). The molecule has 13 heteroatoms. The van der Waals surface area contributed by atoms with Crippen LogP contribution in [0.4, 0.5) is 17.2 Å². The molecular weight excluding hydrogens is 500 g/mol. The summed E-state index contributed by atoms with van der Waals surface area (Å²) in [6.07, 6.45) is 1.03. The Bertz CT molecular complexity index is 1470.